The van der Waals surface area contributed by atoms with Crippen molar-refractivity contribution in [1.29, 1.82) is 0 Å². The predicted octanol–water partition coefficient (Wildman–Crippen LogP) is 3.76. The van der Waals surface area contributed by atoms with Crippen LogP contribution in [-0.4, -0.2) is 53.5 Å². The Hall–Kier alpha value is -1.71. The summed E-state index contributed by atoms with van der Waals surface area (Å²) in [5.41, 5.74) is 1.97. The van der Waals surface area contributed by atoms with Crippen LogP contribution in [0.1, 0.15) is 51.0 Å². The van der Waals surface area contributed by atoms with Crippen molar-refractivity contribution in [2.24, 2.45) is 0 Å². The molecule has 2 fully saturated rings. The van der Waals surface area contributed by atoms with E-state index >= 15 is 0 Å². The molecule has 0 N–H and O–H groups in total. The number of hydrogen-bond donors (Lipinski definition) is 0. The molecule has 3 heterocycles. The molecular weight excluding hydrogens is 452 g/mol. The van der Waals surface area contributed by atoms with Crippen LogP contribution in [0.5, 0.6) is 0 Å². The largest absolute Gasteiger partial charge is 0.308 e. The van der Waals surface area contributed by atoms with Crippen molar-refractivity contribution in [1.82, 2.24) is 4.90 Å². The van der Waals surface area contributed by atoms with Gasteiger partial charge in [-0.15, -0.1) is 0 Å². The molecule has 31 heavy (non-hydrogen) atoms. The highest BCUT2D eigenvalue weighted by atomic mass is 32.2. The smallest absolute Gasteiger partial charge is 0.267 e. The minimum Gasteiger partial charge on any atom is -0.308 e. The number of nitrogens with zero attached hydrogens (tertiary/aromatic N) is 2. The molecule has 0 saturated carbocycles. The van der Waals surface area contributed by atoms with Gasteiger partial charge in [-0.2, -0.15) is 0 Å². The second kappa shape index (κ2) is 9.03. The summed E-state index contributed by atoms with van der Waals surface area (Å²) in [6, 6.07) is 7.09. The number of hydrogen-bond acceptors (Lipinski definition) is 6. The molecule has 2 amide bonds. The average Bonchev–Trinajstić information content (AvgIpc) is 3.32. The number of amides is 2. The highest BCUT2D eigenvalue weighted by molar-refractivity contribution is 8.26. The van der Waals surface area contributed by atoms with E-state index in [9.17, 15) is 18.0 Å². The topological polar surface area (TPSA) is 74.8 Å². The van der Waals surface area contributed by atoms with Crippen LogP contribution >= 0.6 is 24.0 Å². The summed E-state index contributed by atoms with van der Waals surface area (Å²) >= 11 is 6.55. The Bertz CT molecular complexity index is 1060. The normalized spacial score (nSPS) is 25.1. The van der Waals surface area contributed by atoms with Crippen LogP contribution < -0.4 is 4.90 Å². The standard InChI is InChI=1S/C22H26N2O4S3/c1-2-3-4-5-8-12-23-17-10-7-6-9-16(17)18(20(23)25)19-21(26)24(22(29)30-19)15-11-13-31(27,28)14-15/h6-7,9-10,15H,2-5,8,11-14H2,1H3/b19-18-/t15-/m0/s1. The van der Waals surface area contributed by atoms with Gasteiger partial charge in [0.25, 0.3) is 11.8 Å². The summed E-state index contributed by atoms with van der Waals surface area (Å²) < 4.78 is 24.2. The van der Waals surface area contributed by atoms with Gasteiger partial charge in [-0.05, 0) is 18.9 Å². The first-order valence-electron chi connectivity index (χ1n) is 10.8. The lowest BCUT2D eigenvalue weighted by molar-refractivity contribution is -0.123. The van der Waals surface area contributed by atoms with Crippen molar-refractivity contribution in [2.45, 2.75) is 51.5 Å². The molecule has 3 aliphatic rings. The highest BCUT2D eigenvalue weighted by Crippen LogP contribution is 2.45. The minimum absolute atomic E-state index is 0.0637. The number of rotatable bonds is 7. The molecule has 2 saturated heterocycles. The molecule has 0 aliphatic carbocycles. The fraction of sp³-hybridized carbons (Fsp3) is 0.500. The lowest BCUT2D eigenvalue weighted by Gasteiger charge is -2.21. The molecule has 0 spiro atoms. The number of unbranched alkanes of at least 4 members (excludes halogenated alkanes) is 4. The van der Waals surface area contributed by atoms with Crippen LogP contribution in [0.15, 0.2) is 29.2 Å². The van der Waals surface area contributed by atoms with E-state index in [1.807, 2.05) is 24.3 Å². The van der Waals surface area contributed by atoms with Gasteiger partial charge < -0.3 is 4.90 Å². The number of thiocarbonyl (C=S) groups is 1. The third kappa shape index (κ3) is 4.32. The average molecular weight is 479 g/mol. The van der Waals surface area contributed by atoms with Crippen molar-refractivity contribution in [3.63, 3.8) is 0 Å². The van der Waals surface area contributed by atoms with Crippen LogP contribution in [0.4, 0.5) is 5.69 Å². The first-order valence-corrected chi connectivity index (χ1v) is 13.8. The number of benzene rings is 1. The Morgan fingerprint density at radius 1 is 1.10 bits per heavy atom. The molecule has 9 heteroatoms. The Labute approximate surface area is 193 Å². The molecule has 0 unspecified atom stereocenters. The summed E-state index contributed by atoms with van der Waals surface area (Å²) in [5, 5.41) is 0. The first-order chi connectivity index (χ1) is 14.8. The Morgan fingerprint density at radius 3 is 2.55 bits per heavy atom. The van der Waals surface area contributed by atoms with Crippen LogP contribution in [0.3, 0.4) is 0 Å². The number of thioether (sulfide) groups is 1. The van der Waals surface area contributed by atoms with Gasteiger partial charge in [-0.25, -0.2) is 8.42 Å². The zero-order valence-electron chi connectivity index (χ0n) is 17.5. The summed E-state index contributed by atoms with van der Waals surface area (Å²) in [7, 11) is -3.16. The van der Waals surface area contributed by atoms with Crippen molar-refractivity contribution in [3.05, 3.63) is 34.7 Å². The van der Waals surface area contributed by atoms with Gasteiger partial charge in [-0.1, -0.05) is 74.8 Å². The van der Waals surface area contributed by atoms with Gasteiger partial charge in [-0.3, -0.25) is 14.5 Å². The van der Waals surface area contributed by atoms with E-state index in [1.165, 1.54) is 17.7 Å². The SMILES string of the molecule is CCCCCCCN1C(=O)/C(=C2\SC(=S)N([C@H]3CCS(=O)(=O)C3)C2=O)c2ccccc21. The number of carbonyl (C=O) groups excluding carboxylic acids is 2. The van der Waals surface area contributed by atoms with E-state index in [2.05, 4.69) is 6.92 Å². The lowest BCUT2D eigenvalue weighted by atomic mass is 10.1. The molecule has 0 radical (unpaired) electrons. The van der Waals surface area contributed by atoms with Gasteiger partial charge in [0.2, 0.25) is 0 Å². The van der Waals surface area contributed by atoms with Crippen molar-refractivity contribution in [2.75, 3.05) is 23.0 Å². The molecule has 6 nitrogen and oxygen atoms in total. The van der Waals surface area contributed by atoms with Gasteiger partial charge in [0.05, 0.1) is 33.7 Å². The Morgan fingerprint density at radius 2 is 1.84 bits per heavy atom. The maximum atomic E-state index is 13.4. The third-order valence-corrected chi connectivity index (χ3v) is 9.16. The summed E-state index contributed by atoms with van der Waals surface area (Å²) in [5.74, 6) is -0.527. The van der Waals surface area contributed by atoms with E-state index in [0.717, 1.165) is 42.3 Å². The van der Waals surface area contributed by atoms with E-state index in [4.69, 9.17) is 12.2 Å². The summed E-state index contributed by atoms with van der Waals surface area (Å²) in [6.07, 6.45) is 5.86. The zero-order valence-corrected chi connectivity index (χ0v) is 20.0. The summed E-state index contributed by atoms with van der Waals surface area (Å²) in [4.78, 5) is 30.2. The molecule has 3 aliphatic heterocycles. The quantitative estimate of drug-likeness (QED) is 0.337. The lowest BCUT2D eigenvalue weighted by Crippen LogP contribution is -2.39. The van der Waals surface area contributed by atoms with Gasteiger partial charge in [0.15, 0.2) is 9.84 Å². The highest BCUT2D eigenvalue weighted by Gasteiger charge is 2.46. The molecule has 0 bridgehead atoms. The monoisotopic (exact) mass is 478 g/mol. The van der Waals surface area contributed by atoms with Crippen molar-refractivity contribution < 1.29 is 18.0 Å². The molecule has 0 aromatic heterocycles. The zero-order chi connectivity index (χ0) is 22.2. The second-order valence-electron chi connectivity index (χ2n) is 8.19. The van der Waals surface area contributed by atoms with Crippen LogP contribution in [0.25, 0.3) is 5.57 Å². The fourth-order valence-corrected chi connectivity index (χ4v) is 7.59. The minimum atomic E-state index is -3.16. The first kappa shape index (κ1) is 22.5. The van der Waals surface area contributed by atoms with E-state index in [0.29, 0.717) is 27.8 Å². The predicted molar refractivity (Wildman–Crippen MR) is 129 cm³/mol. The number of para-hydroxylation sites is 1. The number of sulfone groups is 1. The van der Waals surface area contributed by atoms with Crippen LogP contribution in [0.2, 0.25) is 0 Å². The van der Waals surface area contributed by atoms with E-state index in [-0.39, 0.29) is 23.3 Å². The molecule has 1 atom stereocenters. The van der Waals surface area contributed by atoms with E-state index < -0.39 is 15.9 Å². The van der Waals surface area contributed by atoms with Crippen LogP contribution in [-0.2, 0) is 19.4 Å². The molecular formula is C22H26N2O4S3. The molecule has 4 rings (SSSR count). The van der Waals surface area contributed by atoms with Gasteiger partial charge >= 0.3 is 0 Å². The van der Waals surface area contributed by atoms with Crippen molar-refractivity contribution in [3.8, 4) is 0 Å². The van der Waals surface area contributed by atoms with Crippen molar-refractivity contribution >= 4 is 61.2 Å². The molecule has 1 aromatic carbocycles. The van der Waals surface area contributed by atoms with E-state index in [1.54, 1.807) is 4.90 Å². The van der Waals surface area contributed by atoms with Gasteiger partial charge in [0.1, 0.15) is 4.32 Å². The van der Waals surface area contributed by atoms with Gasteiger partial charge in [0, 0.05) is 12.1 Å². The number of carbonyl (C=O) groups is 2. The molecule has 1 aromatic rings. The fourth-order valence-electron chi connectivity index (χ4n) is 4.42. The maximum Gasteiger partial charge on any atom is 0.267 e. The third-order valence-electron chi connectivity index (χ3n) is 6.01. The number of fused-ring (bicyclic) bond motifs is 1. The van der Waals surface area contributed by atoms with Crippen LogP contribution in [0, 0.1) is 0 Å². The second-order valence-corrected chi connectivity index (χ2v) is 12.1. The number of anilines is 1. The summed E-state index contributed by atoms with van der Waals surface area (Å²) in [6.45, 7) is 2.79. The Kier molecular flexibility index (Phi) is 6.55. The molecule has 166 valence electrons. The Balaban J connectivity index is 1.62. The maximum absolute atomic E-state index is 13.4.